The van der Waals surface area contributed by atoms with Crippen molar-refractivity contribution in [2.75, 3.05) is 0 Å². The Morgan fingerprint density at radius 3 is 2.44 bits per heavy atom. The first-order valence-electron chi connectivity index (χ1n) is 6.57. The summed E-state index contributed by atoms with van der Waals surface area (Å²) in [5, 5.41) is 9.13. The summed E-state index contributed by atoms with van der Waals surface area (Å²) in [5.41, 5.74) is 3.19. The van der Waals surface area contributed by atoms with E-state index in [1.54, 1.807) is 13.8 Å². The van der Waals surface area contributed by atoms with Gasteiger partial charge in [-0.1, -0.05) is 32.0 Å². The van der Waals surface area contributed by atoms with Crippen LogP contribution in [0.2, 0.25) is 0 Å². The summed E-state index contributed by atoms with van der Waals surface area (Å²) in [6.45, 7) is 10.0. The number of carboxylic acid groups (broad SMARTS) is 1. The van der Waals surface area contributed by atoms with Crippen molar-refractivity contribution in [2.24, 2.45) is 5.41 Å². The Morgan fingerprint density at radius 1 is 1.33 bits per heavy atom. The van der Waals surface area contributed by atoms with Gasteiger partial charge in [0.05, 0.1) is 5.41 Å². The van der Waals surface area contributed by atoms with Crippen LogP contribution in [-0.2, 0) is 11.2 Å². The fraction of sp³-hybridized carbons (Fsp3) is 0.562. The smallest absolute Gasteiger partial charge is 0.309 e. The quantitative estimate of drug-likeness (QED) is 0.849. The second-order valence-electron chi connectivity index (χ2n) is 6.03. The number of carboxylic acids is 1. The number of aliphatic carboxylic acids is 1. The zero-order valence-electron chi connectivity index (χ0n) is 12.1. The molecule has 0 bridgehead atoms. The average Bonchev–Trinajstić information content (AvgIpc) is 2.27. The fourth-order valence-electron chi connectivity index (χ4n) is 1.87. The Balaban J connectivity index is 2.84. The third-order valence-electron chi connectivity index (χ3n) is 3.64. The highest BCUT2D eigenvalue weighted by atomic mass is 16.4. The molecule has 0 spiro atoms. The Morgan fingerprint density at radius 2 is 1.94 bits per heavy atom. The van der Waals surface area contributed by atoms with Gasteiger partial charge in [-0.3, -0.25) is 4.79 Å². The highest BCUT2D eigenvalue weighted by Gasteiger charge is 2.26. The van der Waals surface area contributed by atoms with Gasteiger partial charge < -0.3 is 5.11 Å². The number of hydrogen-bond donors (Lipinski definition) is 1. The van der Waals surface area contributed by atoms with Gasteiger partial charge in [0, 0.05) is 0 Å². The van der Waals surface area contributed by atoms with E-state index >= 15 is 0 Å². The van der Waals surface area contributed by atoms with Crippen molar-refractivity contribution in [1.29, 1.82) is 0 Å². The molecule has 0 saturated heterocycles. The Labute approximate surface area is 110 Å². The first-order chi connectivity index (χ1) is 8.24. The van der Waals surface area contributed by atoms with E-state index in [-0.39, 0.29) is 0 Å². The summed E-state index contributed by atoms with van der Waals surface area (Å²) in [6, 6.07) is 6.52. The Hall–Kier alpha value is -1.31. The molecule has 0 unspecified atom stereocenters. The highest BCUT2D eigenvalue weighted by molar-refractivity contribution is 5.73. The molecule has 0 atom stereocenters. The zero-order chi connectivity index (χ0) is 13.9. The largest absolute Gasteiger partial charge is 0.481 e. The van der Waals surface area contributed by atoms with Crippen LogP contribution in [-0.4, -0.2) is 11.1 Å². The molecule has 0 radical (unpaired) electrons. The van der Waals surface area contributed by atoms with E-state index in [1.165, 1.54) is 16.7 Å². The summed E-state index contributed by atoms with van der Waals surface area (Å²) in [5.74, 6) is -0.211. The topological polar surface area (TPSA) is 37.3 Å². The first-order valence-corrected chi connectivity index (χ1v) is 6.57. The number of carbonyl (C=O) groups is 1. The average molecular weight is 248 g/mol. The van der Waals surface area contributed by atoms with Gasteiger partial charge >= 0.3 is 5.97 Å². The normalized spacial score (nSPS) is 11.9. The number of aryl methyl sites for hydroxylation is 2. The summed E-state index contributed by atoms with van der Waals surface area (Å²) in [6.07, 6.45) is 1.50. The molecule has 100 valence electrons. The number of benzene rings is 1. The van der Waals surface area contributed by atoms with Crippen LogP contribution in [0, 0.1) is 12.3 Å². The molecule has 0 amide bonds. The van der Waals surface area contributed by atoms with Crippen LogP contribution >= 0.6 is 0 Å². The van der Waals surface area contributed by atoms with E-state index in [2.05, 4.69) is 39.0 Å². The van der Waals surface area contributed by atoms with Gasteiger partial charge in [0.2, 0.25) is 0 Å². The summed E-state index contributed by atoms with van der Waals surface area (Å²) in [4.78, 5) is 11.1. The molecule has 0 aromatic heterocycles. The third kappa shape index (κ3) is 3.59. The minimum atomic E-state index is -0.722. The molecule has 1 N–H and O–H groups in total. The van der Waals surface area contributed by atoms with Crippen molar-refractivity contribution in [3.05, 3.63) is 34.9 Å². The highest BCUT2D eigenvalue weighted by Crippen LogP contribution is 2.26. The van der Waals surface area contributed by atoms with Gasteiger partial charge in [-0.05, 0) is 56.2 Å². The third-order valence-corrected chi connectivity index (χ3v) is 3.64. The van der Waals surface area contributed by atoms with Gasteiger partial charge in [0.15, 0.2) is 0 Å². The lowest BCUT2D eigenvalue weighted by Gasteiger charge is -2.20. The lowest BCUT2D eigenvalue weighted by Crippen LogP contribution is -2.24. The van der Waals surface area contributed by atoms with Crippen molar-refractivity contribution >= 4 is 5.97 Å². The second-order valence-corrected chi connectivity index (χ2v) is 6.03. The van der Waals surface area contributed by atoms with E-state index in [1.807, 2.05) is 0 Å². The molecule has 1 rings (SSSR count). The summed E-state index contributed by atoms with van der Waals surface area (Å²) in [7, 11) is 0. The zero-order valence-corrected chi connectivity index (χ0v) is 12.1. The van der Waals surface area contributed by atoms with E-state index in [4.69, 9.17) is 5.11 Å². The minimum Gasteiger partial charge on any atom is -0.481 e. The van der Waals surface area contributed by atoms with Crippen LogP contribution in [0.1, 0.15) is 56.7 Å². The van der Waals surface area contributed by atoms with Crippen molar-refractivity contribution in [2.45, 2.75) is 53.4 Å². The maximum Gasteiger partial charge on any atom is 0.309 e. The van der Waals surface area contributed by atoms with E-state index in [9.17, 15) is 4.79 Å². The molecule has 2 heteroatoms. The predicted octanol–water partition coefficient (Wildman–Crippen LogP) is 4.16. The van der Waals surface area contributed by atoms with E-state index in [0.717, 1.165) is 6.42 Å². The molecular formula is C16H24O2. The summed E-state index contributed by atoms with van der Waals surface area (Å²) >= 11 is 0. The van der Waals surface area contributed by atoms with Gasteiger partial charge in [0.25, 0.3) is 0 Å². The predicted molar refractivity (Wildman–Crippen MR) is 75.0 cm³/mol. The van der Waals surface area contributed by atoms with Crippen LogP contribution < -0.4 is 0 Å². The SMILES string of the molecule is Cc1ccc(C(C)C)cc1CCC(C)(C)C(=O)O. The maximum absolute atomic E-state index is 11.1. The molecule has 1 aromatic rings. The van der Waals surface area contributed by atoms with Crippen molar-refractivity contribution < 1.29 is 9.90 Å². The van der Waals surface area contributed by atoms with Crippen molar-refractivity contribution in [3.63, 3.8) is 0 Å². The molecule has 0 aliphatic rings. The molecule has 0 saturated carbocycles. The standard InChI is InChI=1S/C16H24O2/c1-11(2)13-7-6-12(3)14(10-13)8-9-16(4,5)15(17)18/h6-7,10-11H,8-9H2,1-5H3,(H,17,18). The molecule has 18 heavy (non-hydrogen) atoms. The molecule has 0 fully saturated rings. The van der Waals surface area contributed by atoms with E-state index < -0.39 is 11.4 Å². The van der Waals surface area contributed by atoms with Gasteiger partial charge in [0.1, 0.15) is 0 Å². The molecule has 2 nitrogen and oxygen atoms in total. The monoisotopic (exact) mass is 248 g/mol. The lowest BCUT2D eigenvalue weighted by molar-refractivity contribution is -0.147. The molecule has 0 heterocycles. The van der Waals surface area contributed by atoms with Crippen LogP contribution in [0.15, 0.2) is 18.2 Å². The van der Waals surface area contributed by atoms with Crippen LogP contribution in [0.25, 0.3) is 0 Å². The van der Waals surface area contributed by atoms with Gasteiger partial charge in [-0.2, -0.15) is 0 Å². The fourth-order valence-corrected chi connectivity index (χ4v) is 1.87. The Bertz CT molecular complexity index is 431. The van der Waals surface area contributed by atoms with Crippen molar-refractivity contribution in [1.82, 2.24) is 0 Å². The lowest BCUT2D eigenvalue weighted by atomic mass is 9.85. The maximum atomic E-state index is 11.1. The molecule has 1 aromatic carbocycles. The van der Waals surface area contributed by atoms with E-state index in [0.29, 0.717) is 12.3 Å². The van der Waals surface area contributed by atoms with Gasteiger partial charge in [-0.15, -0.1) is 0 Å². The molecular weight excluding hydrogens is 224 g/mol. The first kappa shape index (κ1) is 14.7. The molecule has 0 aliphatic heterocycles. The van der Waals surface area contributed by atoms with Crippen molar-refractivity contribution in [3.8, 4) is 0 Å². The van der Waals surface area contributed by atoms with Crippen LogP contribution in [0.4, 0.5) is 0 Å². The molecule has 0 aliphatic carbocycles. The van der Waals surface area contributed by atoms with Crippen LogP contribution in [0.5, 0.6) is 0 Å². The number of rotatable bonds is 5. The second kappa shape index (κ2) is 5.55. The number of hydrogen-bond acceptors (Lipinski definition) is 1. The minimum absolute atomic E-state index is 0.511. The Kier molecular flexibility index (Phi) is 4.55. The van der Waals surface area contributed by atoms with Crippen LogP contribution in [0.3, 0.4) is 0 Å². The van der Waals surface area contributed by atoms with Gasteiger partial charge in [-0.25, -0.2) is 0 Å². The summed E-state index contributed by atoms with van der Waals surface area (Å²) < 4.78 is 0.